The number of aromatic amines is 1. The molecule has 30 heavy (non-hydrogen) atoms. The second-order valence-corrected chi connectivity index (χ2v) is 7.90. The van der Waals surface area contributed by atoms with Gasteiger partial charge in [0, 0.05) is 27.6 Å². The van der Waals surface area contributed by atoms with E-state index in [2.05, 4.69) is 45.8 Å². The van der Waals surface area contributed by atoms with Gasteiger partial charge in [-0.1, -0.05) is 78.9 Å². The summed E-state index contributed by atoms with van der Waals surface area (Å²) < 4.78 is 0. The molecule has 1 fully saturated rings. The van der Waals surface area contributed by atoms with Gasteiger partial charge >= 0.3 is 0 Å². The van der Waals surface area contributed by atoms with E-state index in [1.807, 2.05) is 61.5 Å². The van der Waals surface area contributed by atoms with Crippen molar-refractivity contribution < 1.29 is 4.79 Å². The Labute approximate surface area is 175 Å². The number of fused-ring (bicyclic) bond motifs is 1. The van der Waals surface area contributed by atoms with E-state index in [4.69, 9.17) is 0 Å². The van der Waals surface area contributed by atoms with Gasteiger partial charge in [-0.25, -0.2) is 5.43 Å². The zero-order chi connectivity index (χ0) is 20.6. The third-order valence-electron chi connectivity index (χ3n) is 6.17. The zero-order valence-corrected chi connectivity index (χ0v) is 16.8. The number of aromatic nitrogens is 1. The molecule has 4 nitrogen and oxygen atoms in total. The summed E-state index contributed by atoms with van der Waals surface area (Å²) in [6, 6.07) is 28.7. The molecule has 4 aromatic rings. The van der Waals surface area contributed by atoms with Crippen LogP contribution in [0.5, 0.6) is 0 Å². The Morgan fingerprint density at radius 2 is 1.57 bits per heavy atom. The van der Waals surface area contributed by atoms with Crippen LogP contribution in [0.25, 0.3) is 10.9 Å². The maximum atomic E-state index is 13.0. The van der Waals surface area contributed by atoms with Crippen molar-refractivity contribution in [3.63, 3.8) is 0 Å². The van der Waals surface area contributed by atoms with Crippen LogP contribution in [-0.2, 0) is 10.2 Å². The minimum absolute atomic E-state index is 0.0450. The number of carbonyl (C=O) groups is 1. The van der Waals surface area contributed by atoms with Gasteiger partial charge in [0.25, 0.3) is 0 Å². The zero-order valence-electron chi connectivity index (χ0n) is 16.8. The van der Waals surface area contributed by atoms with Crippen LogP contribution in [0, 0.1) is 12.8 Å². The number of hydrogen-bond donors (Lipinski definition) is 2. The maximum absolute atomic E-state index is 13.0. The largest absolute Gasteiger partial charge is 0.358 e. The molecule has 0 bridgehead atoms. The Morgan fingerprint density at radius 3 is 2.23 bits per heavy atom. The first-order valence-electron chi connectivity index (χ1n) is 10.2. The molecule has 1 atom stereocenters. The van der Waals surface area contributed by atoms with Crippen molar-refractivity contribution in [2.75, 3.05) is 0 Å². The Balaban J connectivity index is 1.39. The first-order chi connectivity index (χ1) is 14.7. The van der Waals surface area contributed by atoms with E-state index in [1.165, 1.54) is 11.1 Å². The normalized spacial score (nSPS) is 17.3. The standard InChI is InChI=1S/C26H23N3O/c1-18-22(21-14-8-9-15-24(21)28-18)17-27-29-25(30)23-16-26(23,19-10-4-2-5-11-19)20-12-6-3-7-13-20/h2-15,17,23,28H,16H2,1H3,(H,29,30)/b27-17+/t23-/m0/s1. The molecule has 1 saturated carbocycles. The molecule has 2 N–H and O–H groups in total. The Kier molecular flexibility index (Phi) is 4.47. The number of amides is 1. The summed E-state index contributed by atoms with van der Waals surface area (Å²) in [5.74, 6) is -0.181. The number of aryl methyl sites for hydroxylation is 1. The number of rotatable bonds is 5. The van der Waals surface area contributed by atoms with Crippen LogP contribution >= 0.6 is 0 Å². The lowest BCUT2D eigenvalue weighted by atomic mass is 9.85. The first-order valence-corrected chi connectivity index (χ1v) is 10.2. The average Bonchev–Trinajstić information content (AvgIpc) is 3.48. The molecule has 5 rings (SSSR count). The predicted molar refractivity (Wildman–Crippen MR) is 121 cm³/mol. The SMILES string of the molecule is Cc1[nH]c2ccccc2c1/C=N/NC(=O)[C@@H]1CC1(c1ccccc1)c1ccccc1. The van der Waals surface area contributed by atoms with E-state index in [-0.39, 0.29) is 17.2 Å². The summed E-state index contributed by atoms with van der Waals surface area (Å²) in [4.78, 5) is 16.4. The van der Waals surface area contributed by atoms with Gasteiger partial charge in [0.15, 0.2) is 0 Å². The number of nitrogens with one attached hydrogen (secondary N) is 2. The number of nitrogens with zero attached hydrogens (tertiary/aromatic N) is 1. The number of hydrogen-bond acceptors (Lipinski definition) is 2. The molecule has 1 aliphatic carbocycles. The summed E-state index contributed by atoms with van der Waals surface area (Å²) in [5, 5.41) is 5.39. The Bertz CT molecular complexity index is 1190. The third kappa shape index (κ3) is 3.01. The summed E-state index contributed by atoms with van der Waals surface area (Å²) >= 11 is 0. The Morgan fingerprint density at radius 1 is 0.967 bits per heavy atom. The highest BCUT2D eigenvalue weighted by Gasteiger charge is 2.60. The molecule has 4 heteroatoms. The van der Waals surface area contributed by atoms with E-state index in [1.54, 1.807) is 6.21 Å². The summed E-state index contributed by atoms with van der Waals surface area (Å²) in [5.41, 5.74) is 7.95. The lowest BCUT2D eigenvalue weighted by Crippen LogP contribution is -2.25. The highest BCUT2D eigenvalue weighted by molar-refractivity contribution is 6.01. The number of carbonyl (C=O) groups excluding carboxylic acids is 1. The van der Waals surface area contributed by atoms with Crippen LogP contribution in [0.4, 0.5) is 0 Å². The van der Waals surface area contributed by atoms with Crippen molar-refractivity contribution >= 4 is 23.0 Å². The molecule has 0 saturated heterocycles. The van der Waals surface area contributed by atoms with Crippen LogP contribution in [-0.4, -0.2) is 17.1 Å². The van der Waals surface area contributed by atoms with Crippen molar-refractivity contribution in [1.29, 1.82) is 0 Å². The van der Waals surface area contributed by atoms with E-state index in [0.717, 1.165) is 28.6 Å². The molecular weight excluding hydrogens is 370 g/mol. The van der Waals surface area contributed by atoms with Crippen LogP contribution in [0.15, 0.2) is 90.0 Å². The first kappa shape index (κ1) is 18.4. The van der Waals surface area contributed by atoms with Gasteiger partial charge in [-0.2, -0.15) is 5.10 Å². The maximum Gasteiger partial charge on any atom is 0.244 e. The number of hydrazone groups is 1. The minimum Gasteiger partial charge on any atom is -0.358 e. The molecule has 148 valence electrons. The summed E-state index contributed by atoms with van der Waals surface area (Å²) in [6.45, 7) is 2.01. The van der Waals surface area contributed by atoms with Crippen LogP contribution in [0.3, 0.4) is 0 Å². The van der Waals surface area contributed by atoms with Gasteiger partial charge in [0.2, 0.25) is 5.91 Å². The Hall–Kier alpha value is -3.66. The van der Waals surface area contributed by atoms with Crippen molar-refractivity contribution in [3.05, 3.63) is 107 Å². The molecule has 1 amide bonds. The van der Waals surface area contributed by atoms with Gasteiger partial charge in [-0.05, 0) is 30.5 Å². The second kappa shape index (κ2) is 7.30. The molecule has 1 aliphatic rings. The van der Waals surface area contributed by atoms with Gasteiger partial charge in [0.05, 0.1) is 12.1 Å². The topological polar surface area (TPSA) is 57.2 Å². The van der Waals surface area contributed by atoms with Crippen molar-refractivity contribution in [3.8, 4) is 0 Å². The molecular formula is C26H23N3O. The molecule has 0 unspecified atom stereocenters. The van der Waals surface area contributed by atoms with Crippen LogP contribution < -0.4 is 5.43 Å². The quantitative estimate of drug-likeness (QED) is 0.366. The van der Waals surface area contributed by atoms with E-state index in [0.29, 0.717) is 0 Å². The summed E-state index contributed by atoms with van der Waals surface area (Å²) in [6.07, 6.45) is 2.52. The highest BCUT2D eigenvalue weighted by atomic mass is 16.2. The van der Waals surface area contributed by atoms with Gasteiger partial charge in [-0.3, -0.25) is 4.79 Å². The summed E-state index contributed by atoms with van der Waals surface area (Å²) in [7, 11) is 0. The van der Waals surface area contributed by atoms with Gasteiger partial charge in [-0.15, -0.1) is 0 Å². The van der Waals surface area contributed by atoms with Gasteiger partial charge in [0.1, 0.15) is 0 Å². The van der Waals surface area contributed by atoms with E-state index in [9.17, 15) is 4.79 Å². The molecule has 0 aliphatic heterocycles. The molecule has 3 aromatic carbocycles. The molecule has 1 aromatic heterocycles. The fourth-order valence-corrected chi connectivity index (χ4v) is 4.56. The van der Waals surface area contributed by atoms with Crippen molar-refractivity contribution in [1.82, 2.24) is 10.4 Å². The monoisotopic (exact) mass is 393 g/mol. The highest BCUT2D eigenvalue weighted by Crippen LogP contribution is 2.58. The molecule has 0 radical (unpaired) electrons. The average molecular weight is 393 g/mol. The van der Waals surface area contributed by atoms with E-state index < -0.39 is 0 Å². The van der Waals surface area contributed by atoms with Gasteiger partial charge < -0.3 is 4.98 Å². The number of H-pyrrole nitrogens is 1. The molecule has 1 heterocycles. The lowest BCUT2D eigenvalue weighted by molar-refractivity contribution is -0.122. The second-order valence-electron chi connectivity index (χ2n) is 7.90. The van der Waals surface area contributed by atoms with Crippen molar-refractivity contribution in [2.24, 2.45) is 11.0 Å². The molecule has 0 spiro atoms. The number of para-hydroxylation sites is 1. The smallest absolute Gasteiger partial charge is 0.244 e. The minimum atomic E-state index is -0.279. The van der Waals surface area contributed by atoms with E-state index >= 15 is 0 Å². The predicted octanol–water partition coefficient (Wildman–Crippen LogP) is 4.93. The fourth-order valence-electron chi connectivity index (χ4n) is 4.56. The van der Waals surface area contributed by atoms with Crippen molar-refractivity contribution in [2.45, 2.75) is 18.8 Å². The van der Waals surface area contributed by atoms with Crippen LogP contribution in [0.2, 0.25) is 0 Å². The van der Waals surface area contributed by atoms with Crippen LogP contribution in [0.1, 0.15) is 28.8 Å². The lowest BCUT2D eigenvalue weighted by Gasteiger charge is -2.18. The fraction of sp³-hybridized carbons (Fsp3) is 0.154. The number of benzene rings is 3. The third-order valence-corrected chi connectivity index (χ3v) is 6.17.